The predicted molar refractivity (Wildman–Crippen MR) is 139 cm³/mol. The minimum absolute atomic E-state index is 0.144. The summed E-state index contributed by atoms with van der Waals surface area (Å²) in [7, 11) is 0. The second-order valence-electron chi connectivity index (χ2n) is 8.29. The fraction of sp³-hybridized carbons (Fsp3) is 0.417. The summed E-state index contributed by atoms with van der Waals surface area (Å²) in [6, 6.07) is 8.26. The van der Waals surface area contributed by atoms with Gasteiger partial charge in [-0.25, -0.2) is 0 Å². The van der Waals surface area contributed by atoms with Gasteiger partial charge < -0.3 is 9.80 Å². The van der Waals surface area contributed by atoms with Gasteiger partial charge in [-0.05, 0) is 38.5 Å². The van der Waals surface area contributed by atoms with Crippen LogP contribution in [0.1, 0.15) is 38.5 Å². The standard InChI is InChI=1S/C24H20N6S4/c25-11-15(12-26)23-31-19-17(29-7-3-1-4-8-29)18(30-9-5-2-6-10-30)20-22(21(19)33-23)34-24(32-20)16(13-27)14-28/h1-10H2. The average molecular weight is 521 g/mol. The van der Waals surface area contributed by atoms with Crippen molar-refractivity contribution in [3.63, 3.8) is 0 Å². The molecule has 4 heterocycles. The molecule has 1 aromatic rings. The van der Waals surface area contributed by atoms with Crippen LogP contribution in [0.5, 0.6) is 0 Å². The largest absolute Gasteiger partial charge is 0.369 e. The van der Waals surface area contributed by atoms with Crippen LogP contribution in [0.2, 0.25) is 0 Å². The number of benzene rings is 1. The van der Waals surface area contributed by atoms with Gasteiger partial charge in [0.15, 0.2) is 0 Å². The lowest BCUT2D eigenvalue weighted by Crippen LogP contribution is -2.35. The van der Waals surface area contributed by atoms with Crippen molar-refractivity contribution in [2.24, 2.45) is 0 Å². The molecule has 0 saturated carbocycles. The van der Waals surface area contributed by atoms with E-state index in [4.69, 9.17) is 0 Å². The first-order chi connectivity index (χ1) is 16.7. The molecule has 0 aliphatic carbocycles. The fourth-order valence-electron chi connectivity index (χ4n) is 4.68. The topological polar surface area (TPSA) is 102 Å². The summed E-state index contributed by atoms with van der Waals surface area (Å²) in [5.41, 5.74) is 2.71. The number of anilines is 2. The Hall–Kier alpha value is -2.34. The Kier molecular flexibility index (Phi) is 6.96. The predicted octanol–water partition coefficient (Wildman–Crippen LogP) is 6.58. The van der Waals surface area contributed by atoms with E-state index in [0.29, 0.717) is 0 Å². The highest BCUT2D eigenvalue weighted by Crippen LogP contribution is 2.68. The molecule has 10 heteroatoms. The molecule has 170 valence electrons. The van der Waals surface area contributed by atoms with Crippen LogP contribution >= 0.6 is 47.0 Å². The number of nitrogens with zero attached hydrogens (tertiary/aromatic N) is 6. The molecule has 0 bridgehead atoms. The number of fused-ring (bicyclic) bond motifs is 3. The number of rotatable bonds is 2. The molecule has 1 aromatic carbocycles. The van der Waals surface area contributed by atoms with Crippen molar-refractivity contribution in [3.8, 4) is 24.3 Å². The SMILES string of the molecule is N#CC(C#N)=C1Sc2c3c(c(N4CCCCC4)c(N4CCCCC4)c2S1)SC(=C(C#N)C#N)S3. The van der Waals surface area contributed by atoms with E-state index in [1.165, 1.54) is 71.3 Å². The molecule has 6 nitrogen and oxygen atoms in total. The Bertz CT molecular complexity index is 1140. The van der Waals surface area contributed by atoms with Gasteiger partial charge in [-0.2, -0.15) is 21.0 Å². The van der Waals surface area contributed by atoms with E-state index < -0.39 is 0 Å². The second-order valence-corrected chi connectivity index (χ2v) is 12.9. The third kappa shape index (κ3) is 4.04. The Morgan fingerprint density at radius 2 is 0.824 bits per heavy atom. The molecule has 2 fully saturated rings. The van der Waals surface area contributed by atoms with Crippen LogP contribution in [-0.4, -0.2) is 26.2 Å². The van der Waals surface area contributed by atoms with Crippen LogP contribution in [0.25, 0.3) is 0 Å². The zero-order chi connectivity index (χ0) is 23.7. The average Bonchev–Trinajstić information content (AvgIpc) is 3.51. The van der Waals surface area contributed by atoms with Crippen LogP contribution in [-0.2, 0) is 0 Å². The highest BCUT2D eigenvalue weighted by atomic mass is 32.2. The third-order valence-corrected chi connectivity index (χ3v) is 11.6. The van der Waals surface area contributed by atoms with Crippen molar-refractivity contribution in [1.82, 2.24) is 0 Å². The zero-order valence-corrected chi connectivity index (χ0v) is 21.7. The molecular weight excluding hydrogens is 501 g/mol. The van der Waals surface area contributed by atoms with E-state index in [9.17, 15) is 21.0 Å². The molecule has 0 unspecified atom stereocenters. The quantitative estimate of drug-likeness (QED) is 0.397. The van der Waals surface area contributed by atoms with Crippen LogP contribution < -0.4 is 9.80 Å². The summed E-state index contributed by atoms with van der Waals surface area (Å²) >= 11 is 6.06. The molecule has 0 radical (unpaired) electrons. The normalized spacial score (nSPS) is 18.9. The van der Waals surface area contributed by atoms with Gasteiger partial charge in [0, 0.05) is 36.0 Å². The van der Waals surface area contributed by atoms with E-state index >= 15 is 0 Å². The molecule has 4 aliphatic rings. The Labute approximate surface area is 216 Å². The summed E-state index contributed by atoms with van der Waals surface area (Å²) in [4.78, 5) is 9.33. The molecule has 0 N–H and O–H groups in total. The number of nitriles is 4. The van der Waals surface area contributed by atoms with E-state index in [0.717, 1.165) is 79.9 Å². The maximum Gasteiger partial charge on any atom is 0.150 e. The zero-order valence-electron chi connectivity index (χ0n) is 18.4. The first kappa shape index (κ1) is 23.4. The molecule has 0 atom stereocenters. The van der Waals surface area contributed by atoms with Gasteiger partial charge in [0.25, 0.3) is 0 Å². The first-order valence-electron chi connectivity index (χ1n) is 11.2. The Balaban J connectivity index is 1.77. The highest BCUT2D eigenvalue weighted by molar-refractivity contribution is 8.27. The van der Waals surface area contributed by atoms with E-state index in [1.807, 2.05) is 0 Å². The second kappa shape index (κ2) is 10.1. The lowest BCUT2D eigenvalue weighted by atomic mass is 10.1. The minimum Gasteiger partial charge on any atom is -0.369 e. The van der Waals surface area contributed by atoms with Gasteiger partial charge in [0.1, 0.15) is 35.4 Å². The molecular formula is C24H20N6S4. The summed E-state index contributed by atoms with van der Waals surface area (Å²) < 4.78 is 1.44. The van der Waals surface area contributed by atoms with Gasteiger partial charge in [-0.3, -0.25) is 0 Å². The van der Waals surface area contributed by atoms with Gasteiger partial charge in [-0.15, -0.1) is 0 Å². The Morgan fingerprint density at radius 3 is 1.15 bits per heavy atom. The maximum absolute atomic E-state index is 9.55. The van der Waals surface area contributed by atoms with Gasteiger partial charge in [0.05, 0.1) is 29.6 Å². The lowest BCUT2D eigenvalue weighted by molar-refractivity contribution is 0.559. The van der Waals surface area contributed by atoms with E-state index in [1.54, 1.807) is 0 Å². The van der Waals surface area contributed by atoms with Gasteiger partial charge in [-0.1, -0.05) is 47.0 Å². The van der Waals surface area contributed by atoms with Crippen LogP contribution in [0.4, 0.5) is 11.4 Å². The Morgan fingerprint density at radius 1 is 0.500 bits per heavy atom. The van der Waals surface area contributed by atoms with Crippen LogP contribution in [0.15, 0.2) is 39.2 Å². The van der Waals surface area contributed by atoms with Gasteiger partial charge >= 0.3 is 0 Å². The number of piperidine rings is 2. The van der Waals surface area contributed by atoms with Crippen LogP contribution in [0, 0.1) is 45.3 Å². The number of hydrogen-bond donors (Lipinski definition) is 0. The van der Waals surface area contributed by atoms with E-state index in [2.05, 4.69) is 34.1 Å². The van der Waals surface area contributed by atoms with E-state index in [-0.39, 0.29) is 11.1 Å². The summed E-state index contributed by atoms with van der Waals surface area (Å²) in [5.74, 6) is 0. The van der Waals surface area contributed by atoms with Crippen molar-refractivity contribution < 1.29 is 0 Å². The van der Waals surface area contributed by atoms with Crippen molar-refractivity contribution in [3.05, 3.63) is 19.6 Å². The molecule has 0 amide bonds. The first-order valence-corrected chi connectivity index (χ1v) is 14.5. The van der Waals surface area contributed by atoms with Crippen molar-refractivity contribution in [2.75, 3.05) is 36.0 Å². The third-order valence-electron chi connectivity index (χ3n) is 6.25. The summed E-state index contributed by atoms with van der Waals surface area (Å²) in [5, 5.41) is 38.2. The molecule has 0 spiro atoms. The monoisotopic (exact) mass is 520 g/mol. The number of thioether (sulfide) groups is 4. The molecule has 4 aliphatic heterocycles. The molecule has 34 heavy (non-hydrogen) atoms. The maximum atomic E-state index is 9.55. The van der Waals surface area contributed by atoms with Crippen molar-refractivity contribution >= 4 is 58.4 Å². The molecule has 0 aromatic heterocycles. The fourth-order valence-corrected chi connectivity index (χ4v) is 10.2. The van der Waals surface area contributed by atoms with Crippen molar-refractivity contribution in [1.29, 1.82) is 21.0 Å². The summed E-state index contributed by atoms with van der Waals surface area (Å²) in [6.45, 7) is 3.95. The van der Waals surface area contributed by atoms with Crippen molar-refractivity contribution in [2.45, 2.75) is 58.1 Å². The summed E-state index contributed by atoms with van der Waals surface area (Å²) in [6.07, 6.45) is 7.05. The van der Waals surface area contributed by atoms with Gasteiger partial charge in [0.2, 0.25) is 0 Å². The number of hydrogen-bond acceptors (Lipinski definition) is 10. The van der Waals surface area contributed by atoms with Crippen LogP contribution in [0.3, 0.4) is 0 Å². The lowest BCUT2D eigenvalue weighted by Gasteiger charge is -2.38. The number of allylic oxidation sites excluding steroid dienone is 2. The molecule has 2 saturated heterocycles. The highest BCUT2D eigenvalue weighted by Gasteiger charge is 2.40. The minimum atomic E-state index is 0.144. The smallest absolute Gasteiger partial charge is 0.150 e. The molecule has 5 rings (SSSR count).